The quantitative estimate of drug-likeness (QED) is 0.452. The van der Waals surface area contributed by atoms with Crippen LogP contribution in [0.3, 0.4) is 0 Å². The molecule has 0 aromatic heterocycles. The van der Waals surface area contributed by atoms with Crippen molar-refractivity contribution in [2.75, 3.05) is 25.9 Å². The van der Waals surface area contributed by atoms with Gasteiger partial charge < -0.3 is 10.2 Å². The van der Waals surface area contributed by atoms with Gasteiger partial charge in [-0.2, -0.15) is 11.8 Å². The summed E-state index contributed by atoms with van der Waals surface area (Å²) in [5, 5.41) is 4.38. The maximum absolute atomic E-state index is 4.45. The van der Waals surface area contributed by atoms with Gasteiger partial charge in [-0.25, -0.2) is 0 Å². The van der Waals surface area contributed by atoms with Gasteiger partial charge in [-0.15, -0.1) is 24.0 Å². The van der Waals surface area contributed by atoms with Crippen LogP contribution in [0.1, 0.15) is 33.6 Å². The summed E-state index contributed by atoms with van der Waals surface area (Å²) in [6.07, 6.45) is 2.53. The van der Waals surface area contributed by atoms with Gasteiger partial charge in [-0.1, -0.05) is 20.8 Å². The molecular weight excluding hydrogens is 357 g/mol. The van der Waals surface area contributed by atoms with Gasteiger partial charge in [0.05, 0.1) is 0 Å². The number of thioether (sulfide) groups is 1. The fraction of sp³-hybridized carbons (Fsp3) is 0.923. The van der Waals surface area contributed by atoms with E-state index in [1.54, 1.807) is 0 Å². The normalized spacial score (nSPS) is 30.7. The summed E-state index contributed by atoms with van der Waals surface area (Å²) in [4.78, 5) is 6.88. The summed E-state index contributed by atoms with van der Waals surface area (Å²) in [5.74, 6) is 2.34. The van der Waals surface area contributed by atoms with Crippen LogP contribution >= 0.6 is 35.7 Å². The summed E-state index contributed by atoms with van der Waals surface area (Å²) >= 11 is 2.10. The van der Waals surface area contributed by atoms with Crippen LogP contribution < -0.4 is 5.32 Å². The molecule has 2 fully saturated rings. The summed E-state index contributed by atoms with van der Waals surface area (Å²) in [5.41, 5.74) is 0.463. The van der Waals surface area contributed by atoms with Crippen molar-refractivity contribution in [2.24, 2.45) is 10.4 Å². The fourth-order valence-corrected chi connectivity index (χ4v) is 3.51. The van der Waals surface area contributed by atoms with Crippen molar-refractivity contribution in [1.82, 2.24) is 10.2 Å². The van der Waals surface area contributed by atoms with Crippen LogP contribution in [0.4, 0.5) is 0 Å². The Morgan fingerprint density at radius 2 is 2.17 bits per heavy atom. The van der Waals surface area contributed by atoms with E-state index >= 15 is 0 Å². The minimum atomic E-state index is 0. The number of rotatable bonds is 2. The van der Waals surface area contributed by atoms with E-state index in [0.29, 0.717) is 11.5 Å². The molecular formula is C13H26IN3S. The standard InChI is InChI=1S/C13H25N3S.HI/c1-5-10-9-16(6-7-17-10)12(14-4)15-11-8-13(11,2)3;/h10-11H,5-9H2,1-4H3,(H,14,15);1H. The van der Waals surface area contributed by atoms with Crippen molar-refractivity contribution in [1.29, 1.82) is 0 Å². The van der Waals surface area contributed by atoms with E-state index in [1.807, 2.05) is 7.05 Å². The van der Waals surface area contributed by atoms with E-state index in [2.05, 4.69) is 47.7 Å². The highest BCUT2D eigenvalue weighted by molar-refractivity contribution is 14.0. The monoisotopic (exact) mass is 383 g/mol. The Morgan fingerprint density at radius 3 is 2.67 bits per heavy atom. The lowest BCUT2D eigenvalue weighted by atomic mass is 10.2. The third kappa shape index (κ3) is 3.92. The SMILES string of the molecule is CCC1CN(C(=NC)NC2CC2(C)C)CCS1.I. The number of hydrogen-bond donors (Lipinski definition) is 1. The highest BCUT2D eigenvalue weighted by atomic mass is 127. The topological polar surface area (TPSA) is 27.6 Å². The van der Waals surface area contributed by atoms with E-state index in [9.17, 15) is 0 Å². The molecule has 2 aliphatic rings. The molecule has 1 aliphatic heterocycles. The molecule has 5 heteroatoms. The Balaban J connectivity index is 0.00000162. The zero-order valence-electron chi connectivity index (χ0n) is 11.9. The van der Waals surface area contributed by atoms with Crippen molar-refractivity contribution in [3.8, 4) is 0 Å². The molecule has 2 atom stereocenters. The first-order valence-electron chi connectivity index (χ1n) is 6.66. The Kier molecular flexibility index (Phi) is 6.09. The van der Waals surface area contributed by atoms with Crippen LogP contribution in [0.5, 0.6) is 0 Å². The van der Waals surface area contributed by atoms with E-state index in [0.717, 1.165) is 24.3 Å². The molecule has 1 aliphatic carbocycles. The molecule has 3 nitrogen and oxygen atoms in total. The highest BCUT2D eigenvalue weighted by Gasteiger charge is 2.46. The lowest BCUT2D eigenvalue weighted by Gasteiger charge is -2.34. The summed E-state index contributed by atoms with van der Waals surface area (Å²) in [6, 6.07) is 0.621. The van der Waals surface area contributed by atoms with Gasteiger partial charge in [0.15, 0.2) is 5.96 Å². The van der Waals surface area contributed by atoms with E-state index in [4.69, 9.17) is 0 Å². The molecule has 1 heterocycles. The molecule has 18 heavy (non-hydrogen) atoms. The van der Waals surface area contributed by atoms with E-state index < -0.39 is 0 Å². The van der Waals surface area contributed by atoms with Gasteiger partial charge in [-0.05, 0) is 18.3 Å². The number of hydrogen-bond acceptors (Lipinski definition) is 2. The first-order valence-corrected chi connectivity index (χ1v) is 7.71. The van der Waals surface area contributed by atoms with Gasteiger partial charge in [0.1, 0.15) is 0 Å². The molecule has 0 amide bonds. The Hall–Kier alpha value is 0.350. The molecule has 2 rings (SSSR count). The molecule has 2 unspecified atom stereocenters. The molecule has 0 spiro atoms. The predicted octanol–water partition coefficient (Wildman–Crippen LogP) is 2.81. The second-order valence-corrected chi connectivity index (χ2v) is 7.19. The van der Waals surface area contributed by atoms with Gasteiger partial charge >= 0.3 is 0 Å². The van der Waals surface area contributed by atoms with Crippen LogP contribution in [-0.4, -0.2) is 48.0 Å². The fourth-order valence-electron chi connectivity index (χ4n) is 2.33. The molecule has 106 valence electrons. The number of guanidine groups is 1. The molecule has 1 N–H and O–H groups in total. The molecule has 0 bridgehead atoms. The second kappa shape index (κ2) is 6.68. The first-order chi connectivity index (χ1) is 8.06. The average molecular weight is 383 g/mol. The van der Waals surface area contributed by atoms with Crippen LogP contribution in [0.25, 0.3) is 0 Å². The van der Waals surface area contributed by atoms with Gasteiger partial charge in [0, 0.05) is 37.2 Å². The van der Waals surface area contributed by atoms with Gasteiger partial charge in [0.25, 0.3) is 0 Å². The third-order valence-electron chi connectivity index (χ3n) is 3.92. The highest BCUT2D eigenvalue weighted by Crippen LogP contribution is 2.44. The van der Waals surface area contributed by atoms with Crippen LogP contribution in [0.2, 0.25) is 0 Å². The number of nitrogens with zero attached hydrogens (tertiary/aromatic N) is 2. The van der Waals surface area contributed by atoms with E-state index in [1.165, 1.54) is 18.6 Å². The molecule has 0 radical (unpaired) electrons. The molecule has 0 aromatic rings. The zero-order valence-corrected chi connectivity index (χ0v) is 15.0. The zero-order chi connectivity index (χ0) is 12.5. The molecule has 0 aromatic carbocycles. The van der Waals surface area contributed by atoms with Crippen LogP contribution in [0, 0.1) is 5.41 Å². The van der Waals surface area contributed by atoms with Gasteiger partial charge in [-0.3, -0.25) is 4.99 Å². The smallest absolute Gasteiger partial charge is 0.193 e. The number of nitrogens with one attached hydrogen (secondary N) is 1. The minimum Gasteiger partial charge on any atom is -0.353 e. The summed E-state index contributed by atoms with van der Waals surface area (Å²) in [6.45, 7) is 9.20. The third-order valence-corrected chi connectivity index (χ3v) is 5.29. The first kappa shape index (κ1) is 16.4. The Labute approximate surface area is 133 Å². The largest absolute Gasteiger partial charge is 0.353 e. The van der Waals surface area contributed by atoms with Crippen molar-refractivity contribution < 1.29 is 0 Å². The lowest BCUT2D eigenvalue weighted by Crippen LogP contribution is -2.49. The van der Waals surface area contributed by atoms with Crippen molar-refractivity contribution in [2.45, 2.75) is 44.9 Å². The minimum absolute atomic E-state index is 0. The maximum atomic E-state index is 4.45. The number of halogens is 1. The average Bonchev–Trinajstić information content (AvgIpc) is 2.93. The Bertz CT molecular complexity index is 307. The van der Waals surface area contributed by atoms with Crippen molar-refractivity contribution in [3.05, 3.63) is 0 Å². The number of aliphatic imine (C=N–C) groups is 1. The summed E-state index contributed by atoms with van der Waals surface area (Å²) in [7, 11) is 1.90. The second-order valence-electron chi connectivity index (χ2n) is 5.78. The maximum Gasteiger partial charge on any atom is 0.193 e. The molecule has 1 saturated heterocycles. The summed E-state index contributed by atoms with van der Waals surface area (Å²) < 4.78 is 0. The Morgan fingerprint density at radius 1 is 1.50 bits per heavy atom. The lowest BCUT2D eigenvalue weighted by molar-refractivity contribution is 0.404. The van der Waals surface area contributed by atoms with Crippen molar-refractivity contribution >= 4 is 41.7 Å². The predicted molar refractivity (Wildman–Crippen MR) is 92.2 cm³/mol. The molecule has 1 saturated carbocycles. The van der Waals surface area contributed by atoms with Crippen LogP contribution in [-0.2, 0) is 0 Å². The van der Waals surface area contributed by atoms with Crippen LogP contribution in [0.15, 0.2) is 4.99 Å². The van der Waals surface area contributed by atoms with Crippen molar-refractivity contribution in [3.63, 3.8) is 0 Å². The van der Waals surface area contributed by atoms with Gasteiger partial charge in [0.2, 0.25) is 0 Å². The van der Waals surface area contributed by atoms with E-state index in [-0.39, 0.29) is 24.0 Å².